The van der Waals surface area contributed by atoms with Crippen molar-refractivity contribution in [3.8, 4) is 0 Å². The van der Waals surface area contributed by atoms with Crippen molar-refractivity contribution in [3.05, 3.63) is 41.0 Å². The average molecular weight is 243 g/mol. The molecule has 3 nitrogen and oxygen atoms in total. The summed E-state index contributed by atoms with van der Waals surface area (Å²) in [4.78, 5) is 10.8. The number of carboxylic acids is 1. The summed E-state index contributed by atoms with van der Waals surface area (Å²) in [5, 5.41) is 12.5. The van der Waals surface area contributed by atoms with Crippen molar-refractivity contribution < 1.29 is 9.90 Å². The van der Waals surface area contributed by atoms with E-state index in [9.17, 15) is 4.79 Å². The van der Waals surface area contributed by atoms with Gasteiger partial charge in [0.2, 0.25) is 0 Å². The van der Waals surface area contributed by atoms with Gasteiger partial charge in [-0.3, -0.25) is 0 Å². The predicted octanol–water partition coefficient (Wildman–Crippen LogP) is 2.68. The Kier molecular flexibility index (Phi) is 2.92. The maximum atomic E-state index is 10.8. The number of hydrogen-bond donors (Lipinski definition) is 2. The predicted molar refractivity (Wildman–Crippen MR) is 70.6 cm³/mol. The van der Waals surface area contributed by atoms with E-state index in [4.69, 9.17) is 5.11 Å². The van der Waals surface area contributed by atoms with Crippen LogP contribution >= 0.6 is 0 Å². The molecule has 3 heteroatoms. The van der Waals surface area contributed by atoms with Gasteiger partial charge in [-0.2, -0.15) is 0 Å². The summed E-state index contributed by atoms with van der Waals surface area (Å²) in [5.41, 5.74) is 2.95. The molecular weight excluding hydrogens is 226 g/mol. The molecule has 0 aromatic heterocycles. The van der Waals surface area contributed by atoms with Gasteiger partial charge in [-0.1, -0.05) is 23.8 Å². The molecule has 2 fully saturated rings. The molecule has 2 heterocycles. The Hall–Kier alpha value is -1.61. The molecule has 0 spiro atoms. The van der Waals surface area contributed by atoms with Gasteiger partial charge >= 0.3 is 5.97 Å². The zero-order chi connectivity index (χ0) is 12.5. The van der Waals surface area contributed by atoms with E-state index in [2.05, 4.69) is 11.4 Å². The maximum Gasteiger partial charge on any atom is 0.335 e. The fraction of sp³-hybridized carbons (Fsp3) is 0.400. The smallest absolute Gasteiger partial charge is 0.335 e. The van der Waals surface area contributed by atoms with Crippen LogP contribution in [0.5, 0.6) is 0 Å². The lowest BCUT2D eigenvalue weighted by Gasteiger charge is -2.23. The second-order valence-electron chi connectivity index (χ2n) is 5.28. The van der Waals surface area contributed by atoms with Crippen molar-refractivity contribution >= 4 is 12.0 Å². The monoisotopic (exact) mass is 243 g/mol. The molecule has 1 aromatic rings. The number of carbonyl (C=O) groups is 1. The molecule has 0 aliphatic carbocycles. The molecule has 1 aromatic carbocycles. The Labute approximate surface area is 107 Å². The first-order valence-electron chi connectivity index (χ1n) is 6.49. The summed E-state index contributed by atoms with van der Waals surface area (Å²) in [5.74, 6) is -0.867. The number of hydrogen-bond acceptors (Lipinski definition) is 2. The molecule has 2 N–H and O–H groups in total. The third-order valence-electron chi connectivity index (χ3n) is 3.88. The number of fused-ring (bicyclic) bond motifs is 2. The highest BCUT2D eigenvalue weighted by molar-refractivity contribution is 5.87. The van der Waals surface area contributed by atoms with Crippen molar-refractivity contribution in [2.24, 2.45) is 0 Å². The van der Waals surface area contributed by atoms with Crippen LogP contribution in [0, 0.1) is 0 Å². The highest BCUT2D eigenvalue weighted by Gasteiger charge is 2.29. The summed E-state index contributed by atoms with van der Waals surface area (Å²) in [6.07, 6.45) is 7.08. The zero-order valence-corrected chi connectivity index (χ0v) is 10.2. The number of rotatable bonds is 2. The number of benzene rings is 1. The molecule has 2 aliphatic rings. The van der Waals surface area contributed by atoms with Crippen LogP contribution in [0.3, 0.4) is 0 Å². The first-order valence-corrected chi connectivity index (χ1v) is 6.49. The van der Waals surface area contributed by atoms with Gasteiger partial charge in [-0.15, -0.1) is 0 Å². The van der Waals surface area contributed by atoms with E-state index >= 15 is 0 Å². The van der Waals surface area contributed by atoms with Crippen LogP contribution in [0.4, 0.5) is 0 Å². The first-order chi connectivity index (χ1) is 8.70. The fourth-order valence-corrected chi connectivity index (χ4v) is 3.02. The minimum atomic E-state index is -0.867. The van der Waals surface area contributed by atoms with Gasteiger partial charge in [-0.05, 0) is 43.4 Å². The van der Waals surface area contributed by atoms with E-state index < -0.39 is 5.97 Å². The van der Waals surface area contributed by atoms with Gasteiger partial charge in [0, 0.05) is 12.1 Å². The Morgan fingerprint density at radius 2 is 1.78 bits per heavy atom. The average Bonchev–Trinajstić information content (AvgIpc) is 2.69. The zero-order valence-electron chi connectivity index (χ0n) is 10.2. The molecule has 0 saturated carbocycles. The van der Waals surface area contributed by atoms with Crippen molar-refractivity contribution in [1.29, 1.82) is 0 Å². The van der Waals surface area contributed by atoms with E-state index in [1.54, 1.807) is 12.1 Å². The summed E-state index contributed by atoms with van der Waals surface area (Å²) in [7, 11) is 0. The third kappa shape index (κ3) is 2.31. The minimum absolute atomic E-state index is 0.350. The van der Waals surface area contributed by atoms with E-state index in [1.165, 1.54) is 18.4 Å². The fourth-order valence-electron chi connectivity index (χ4n) is 3.02. The molecule has 2 atom stereocenters. The van der Waals surface area contributed by atoms with Gasteiger partial charge in [0.15, 0.2) is 0 Å². The quantitative estimate of drug-likeness (QED) is 0.839. The highest BCUT2D eigenvalue weighted by Crippen LogP contribution is 2.31. The normalized spacial score (nSPS) is 26.1. The molecule has 94 valence electrons. The SMILES string of the molecule is O=C(O)c1ccc(C=C2CC3CCC(C2)N3)cc1. The topological polar surface area (TPSA) is 49.3 Å². The van der Waals surface area contributed by atoms with Crippen molar-refractivity contribution in [2.75, 3.05) is 0 Å². The van der Waals surface area contributed by atoms with Gasteiger partial charge < -0.3 is 10.4 Å². The third-order valence-corrected chi connectivity index (χ3v) is 3.88. The number of aromatic carboxylic acids is 1. The Balaban J connectivity index is 1.77. The largest absolute Gasteiger partial charge is 0.478 e. The molecular formula is C15H17NO2. The van der Waals surface area contributed by atoms with E-state index in [-0.39, 0.29) is 0 Å². The molecule has 2 bridgehead atoms. The van der Waals surface area contributed by atoms with E-state index in [0.717, 1.165) is 18.4 Å². The second kappa shape index (κ2) is 4.58. The maximum absolute atomic E-state index is 10.8. The Morgan fingerprint density at radius 3 is 2.33 bits per heavy atom. The Morgan fingerprint density at radius 1 is 1.17 bits per heavy atom. The second-order valence-corrected chi connectivity index (χ2v) is 5.28. The lowest BCUT2D eigenvalue weighted by Crippen LogP contribution is -2.34. The Bertz CT molecular complexity index is 476. The van der Waals surface area contributed by atoms with E-state index in [0.29, 0.717) is 17.6 Å². The van der Waals surface area contributed by atoms with Gasteiger partial charge in [0.05, 0.1) is 5.56 Å². The minimum Gasteiger partial charge on any atom is -0.478 e. The molecule has 18 heavy (non-hydrogen) atoms. The summed E-state index contributed by atoms with van der Waals surface area (Å²) in [6.45, 7) is 0. The summed E-state index contributed by atoms with van der Waals surface area (Å²) in [6, 6.07) is 8.44. The van der Waals surface area contributed by atoms with E-state index in [1.807, 2.05) is 12.1 Å². The van der Waals surface area contributed by atoms with Gasteiger partial charge in [0.25, 0.3) is 0 Å². The van der Waals surface area contributed by atoms with Crippen LogP contribution < -0.4 is 5.32 Å². The summed E-state index contributed by atoms with van der Waals surface area (Å²) < 4.78 is 0. The number of piperidine rings is 1. The van der Waals surface area contributed by atoms with Gasteiger partial charge in [-0.25, -0.2) is 4.79 Å². The van der Waals surface area contributed by atoms with Crippen molar-refractivity contribution in [1.82, 2.24) is 5.32 Å². The van der Waals surface area contributed by atoms with Crippen LogP contribution in [0.1, 0.15) is 41.6 Å². The van der Waals surface area contributed by atoms with Gasteiger partial charge in [0.1, 0.15) is 0 Å². The lowest BCUT2D eigenvalue weighted by molar-refractivity contribution is 0.0697. The lowest BCUT2D eigenvalue weighted by atomic mass is 9.96. The van der Waals surface area contributed by atoms with Crippen LogP contribution in [0.2, 0.25) is 0 Å². The van der Waals surface area contributed by atoms with Crippen molar-refractivity contribution in [2.45, 2.75) is 37.8 Å². The van der Waals surface area contributed by atoms with Crippen molar-refractivity contribution in [3.63, 3.8) is 0 Å². The molecule has 0 radical (unpaired) electrons. The molecule has 0 amide bonds. The first kappa shape index (κ1) is 11.5. The van der Waals surface area contributed by atoms with Crippen LogP contribution in [-0.4, -0.2) is 23.2 Å². The molecule has 2 saturated heterocycles. The van der Waals surface area contributed by atoms with Crippen LogP contribution in [0.15, 0.2) is 29.8 Å². The van der Waals surface area contributed by atoms with Crippen LogP contribution in [-0.2, 0) is 0 Å². The number of carboxylic acid groups (broad SMARTS) is 1. The molecule has 2 unspecified atom stereocenters. The standard InChI is InChI=1S/C15H17NO2/c17-15(18)12-3-1-10(2-4-12)7-11-8-13-5-6-14(9-11)16-13/h1-4,7,13-14,16H,5-6,8-9H2,(H,17,18). The molecule has 2 aliphatic heterocycles. The highest BCUT2D eigenvalue weighted by atomic mass is 16.4. The number of nitrogens with one attached hydrogen (secondary N) is 1. The summed E-state index contributed by atoms with van der Waals surface area (Å²) >= 11 is 0. The molecule has 3 rings (SSSR count). The van der Waals surface area contributed by atoms with Crippen LogP contribution in [0.25, 0.3) is 6.08 Å².